The third-order valence-corrected chi connectivity index (χ3v) is 8.41. The predicted molar refractivity (Wildman–Crippen MR) is 163 cm³/mol. The van der Waals surface area contributed by atoms with Gasteiger partial charge in [0.05, 0.1) is 36.7 Å². The van der Waals surface area contributed by atoms with Crippen molar-refractivity contribution in [3.8, 4) is 11.1 Å². The van der Waals surface area contributed by atoms with Crippen molar-refractivity contribution in [3.63, 3.8) is 0 Å². The highest BCUT2D eigenvalue weighted by Crippen LogP contribution is 2.38. The van der Waals surface area contributed by atoms with Gasteiger partial charge >= 0.3 is 12.2 Å². The zero-order valence-corrected chi connectivity index (χ0v) is 25.0. The highest BCUT2D eigenvalue weighted by molar-refractivity contribution is 6.00. The number of carbonyl (C=O) groups is 2. The molecule has 2 aromatic heterocycles. The summed E-state index contributed by atoms with van der Waals surface area (Å²) in [7, 11) is 0. The largest absolute Gasteiger partial charge is 0.416 e. The van der Waals surface area contributed by atoms with Crippen LogP contribution < -0.4 is 16.4 Å². The lowest BCUT2D eigenvalue weighted by molar-refractivity contribution is -0.137. The number of ether oxygens (including phenoxy) is 1. The van der Waals surface area contributed by atoms with Crippen LogP contribution in [0.5, 0.6) is 0 Å². The Bertz CT molecular complexity index is 1800. The van der Waals surface area contributed by atoms with Crippen LogP contribution in [0.3, 0.4) is 0 Å². The van der Waals surface area contributed by atoms with Crippen LogP contribution in [0.2, 0.25) is 0 Å². The molecular formula is C31H31F5N8O3. The van der Waals surface area contributed by atoms with Gasteiger partial charge in [0, 0.05) is 43.4 Å². The van der Waals surface area contributed by atoms with E-state index in [-0.39, 0.29) is 23.3 Å². The first-order chi connectivity index (χ1) is 22.5. The lowest BCUT2D eigenvalue weighted by Crippen LogP contribution is -2.46. The average Bonchev–Trinajstić information content (AvgIpc) is 3.44. The van der Waals surface area contributed by atoms with Gasteiger partial charge in [-0.05, 0) is 54.8 Å². The zero-order chi connectivity index (χ0) is 33.3. The van der Waals surface area contributed by atoms with E-state index < -0.39 is 35.1 Å². The molecule has 11 nitrogen and oxygen atoms in total. The van der Waals surface area contributed by atoms with Gasteiger partial charge in [-0.2, -0.15) is 18.3 Å². The fourth-order valence-corrected chi connectivity index (χ4v) is 5.94. The number of nitrogens with two attached hydrogens (primary N) is 1. The lowest BCUT2D eigenvalue weighted by Gasteiger charge is -2.34. The second kappa shape index (κ2) is 13.1. The normalized spacial score (nSPS) is 16.4. The van der Waals surface area contributed by atoms with Crippen molar-refractivity contribution < 1.29 is 36.3 Å². The summed E-state index contributed by atoms with van der Waals surface area (Å²) < 4.78 is 75.5. The Balaban J connectivity index is 1.17. The van der Waals surface area contributed by atoms with Crippen molar-refractivity contribution in [2.45, 2.75) is 24.9 Å². The van der Waals surface area contributed by atoms with E-state index in [1.165, 1.54) is 24.5 Å². The van der Waals surface area contributed by atoms with Gasteiger partial charge in [-0.3, -0.25) is 9.69 Å². The molecule has 0 spiro atoms. The maximum absolute atomic E-state index is 15.3. The van der Waals surface area contributed by atoms with Gasteiger partial charge in [0.25, 0.3) is 0 Å². The summed E-state index contributed by atoms with van der Waals surface area (Å²) in [6.45, 7) is 4.19. The lowest BCUT2D eigenvalue weighted by atomic mass is 9.93. The first-order valence-corrected chi connectivity index (χ1v) is 14.9. The molecule has 6 rings (SSSR count). The number of morpholine rings is 1. The molecule has 0 atom stereocenters. The molecule has 0 radical (unpaired) electrons. The minimum Gasteiger partial charge on any atom is -0.382 e. The number of hydrogen-bond acceptors (Lipinski definition) is 7. The first-order valence-electron chi connectivity index (χ1n) is 14.9. The first kappa shape index (κ1) is 32.1. The number of amides is 3. The topological polar surface area (TPSA) is 130 Å². The van der Waals surface area contributed by atoms with Crippen LogP contribution in [0, 0.1) is 11.6 Å². The maximum Gasteiger partial charge on any atom is 0.416 e. The number of fused-ring (bicyclic) bond motifs is 1. The Kier molecular flexibility index (Phi) is 8.96. The molecule has 2 fully saturated rings. The SMILES string of the molecule is Nc1ncnn2c(C3CCN(C(=O)CN4CCOCC4)CC3)cc(-c3ccc(NC(=O)Nc4cc(C(F)(F)F)ccc4F)c(F)c3)c12. The van der Waals surface area contributed by atoms with Crippen molar-refractivity contribution in [1.29, 1.82) is 0 Å². The molecule has 3 amide bonds. The number of nitrogen functional groups attached to an aromatic ring is 1. The van der Waals surface area contributed by atoms with E-state index in [0.29, 0.717) is 80.5 Å². The summed E-state index contributed by atoms with van der Waals surface area (Å²) in [5.74, 6) is -1.67. The summed E-state index contributed by atoms with van der Waals surface area (Å²) in [5.41, 5.74) is 6.32. The number of piperidine rings is 1. The van der Waals surface area contributed by atoms with Gasteiger partial charge in [-0.25, -0.2) is 23.1 Å². The fourth-order valence-electron chi connectivity index (χ4n) is 5.94. The molecule has 4 heterocycles. The number of benzene rings is 2. The molecule has 4 aromatic rings. The van der Waals surface area contributed by atoms with Crippen LogP contribution in [-0.2, 0) is 15.7 Å². The highest BCUT2D eigenvalue weighted by Gasteiger charge is 2.32. The van der Waals surface area contributed by atoms with Gasteiger partial charge in [0.1, 0.15) is 23.5 Å². The Morgan fingerprint density at radius 2 is 1.66 bits per heavy atom. The smallest absolute Gasteiger partial charge is 0.382 e. The van der Waals surface area contributed by atoms with Crippen molar-refractivity contribution in [2.75, 3.05) is 62.3 Å². The van der Waals surface area contributed by atoms with Crippen LogP contribution in [-0.4, -0.2) is 82.3 Å². The number of carbonyl (C=O) groups excluding carboxylic acids is 2. The third kappa shape index (κ3) is 6.97. The van der Waals surface area contributed by atoms with Gasteiger partial charge in [-0.15, -0.1) is 0 Å². The molecular weight excluding hydrogens is 627 g/mol. The van der Waals surface area contributed by atoms with E-state index in [1.54, 1.807) is 4.52 Å². The monoisotopic (exact) mass is 658 g/mol. The predicted octanol–water partition coefficient (Wildman–Crippen LogP) is 4.96. The molecule has 2 aromatic carbocycles. The van der Waals surface area contributed by atoms with E-state index in [2.05, 4.69) is 20.3 Å². The summed E-state index contributed by atoms with van der Waals surface area (Å²) in [6, 6.07) is 6.26. The molecule has 2 aliphatic rings. The number of likely N-dealkylation sites (tertiary alicyclic amines) is 1. The van der Waals surface area contributed by atoms with Gasteiger partial charge in [-0.1, -0.05) is 6.07 Å². The Labute approximate surface area is 265 Å². The number of alkyl halides is 3. The zero-order valence-electron chi connectivity index (χ0n) is 25.0. The number of hydrogen-bond donors (Lipinski definition) is 3. The van der Waals surface area contributed by atoms with Gasteiger partial charge in [0.2, 0.25) is 5.91 Å². The number of aromatic nitrogens is 3. The van der Waals surface area contributed by atoms with Crippen LogP contribution >= 0.6 is 0 Å². The molecule has 4 N–H and O–H groups in total. The van der Waals surface area contributed by atoms with E-state index in [0.717, 1.165) is 18.8 Å². The number of rotatable bonds is 6. The molecule has 47 heavy (non-hydrogen) atoms. The van der Waals surface area contributed by atoms with Gasteiger partial charge < -0.3 is 26.0 Å². The van der Waals surface area contributed by atoms with E-state index >= 15 is 4.39 Å². The summed E-state index contributed by atoms with van der Waals surface area (Å²) in [6.07, 6.45) is -2.05. The van der Waals surface area contributed by atoms with Gasteiger partial charge in [0.15, 0.2) is 5.82 Å². The average molecular weight is 659 g/mol. The maximum atomic E-state index is 15.3. The van der Waals surface area contributed by atoms with Crippen molar-refractivity contribution >= 4 is 34.6 Å². The summed E-state index contributed by atoms with van der Waals surface area (Å²) in [5, 5.41) is 8.59. The molecule has 2 saturated heterocycles. The molecule has 0 aliphatic carbocycles. The standard InChI is InChI=1S/C31H31F5N8O3/c32-22-3-2-20(31(34,35)36)14-25(22)41-30(46)40-24-4-1-19(13-23(24)33)21-15-26(44-28(21)29(37)38-17-39-44)18-5-7-43(8-6-18)27(45)16-42-9-11-47-12-10-42/h1-4,13-15,17-18H,5-12,16H2,(H2,37,38,39)(H2,40,41,46). The Morgan fingerprint density at radius 1 is 0.936 bits per heavy atom. The fraction of sp³-hybridized carbons (Fsp3) is 0.355. The number of anilines is 3. The quantitative estimate of drug-likeness (QED) is 0.250. The number of nitrogens with zero attached hydrogens (tertiary/aromatic N) is 5. The second-order valence-electron chi connectivity index (χ2n) is 11.4. The third-order valence-electron chi connectivity index (χ3n) is 8.41. The van der Waals surface area contributed by atoms with E-state index in [4.69, 9.17) is 10.5 Å². The van der Waals surface area contributed by atoms with Crippen molar-refractivity contribution in [1.82, 2.24) is 24.4 Å². The van der Waals surface area contributed by atoms with Crippen LogP contribution in [0.25, 0.3) is 16.6 Å². The number of urea groups is 1. The Morgan fingerprint density at radius 3 is 2.36 bits per heavy atom. The summed E-state index contributed by atoms with van der Waals surface area (Å²) in [4.78, 5) is 33.4. The molecule has 248 valence electrons. The molecule has 2 aliphatic heterocycles. The van der Waals surface area contributed by atoms with Crippen molar-refractivity contribution in [2.24, 2.45) is 0 Å². The van der Waals surface area contributed by atoms with Crippen LogP contribution in [0.15, 0.2) is 48.8 Å². The van der Waals surface area contributed by atoms with Crippen molar-refractivity contribution in [3.05, 3.63) is 71.7 Å². The van der Waals surface area contributed by atoms with E-state index in [9.17, 15) is 27.2 Å². The minimum absolute atomic E-state index is 0.0312. The molecule has 0 bridgehead atoms. The number of nitrogens with one attached hydrogen (secondary N) is 2. The Hall–Kier alpha value is -4.83. The number of halogens is 5. The highest BCUT2D eigenvalue weighted by atomic mass is 19.4. The minimum atomic E-state index is -4.75. The van der Waals surface area contributed by atoms with E-state index in [1.807, 2.05) is 16.3 Å². The molecule has 0 unspecified atom stereocenters. The summed E-state index contributed by atoms with van der Waals surface area (Å²) >= 11 is 0. The van der Waals surface area contributed by atoms with Crippen LogP contribution in [0.1, 0.15) is 30.0 Å². The second-order valence-corrected chi connectivity index (χ2v) is 11.4. The van der Waals surface area contributed by atoms with Crippen LogP contribution in [0.4, 0.5) is 43.9 Å². The molecule has 0 saturated carbocycles. The molecule has 16 heteroatoms.